The summed E-state index contributed by atoms with van der Waals surface area (Å²) in [5, 5.41) is 11.7. The van der Waals surface area contributed by atoms with E-state index in [4.69, 9.17) is 20.4 Å². The molecule has 0 saturated carbocycles. The fourth-order valence-corrected chi connectivity index (χ4v) is 1.84. The number of hydrogen-bond donors (Lipinski definition) is 2. The molecule has 0 aromatic heterocycles. The van der Waals surface area contributed by atoms with Gasteiger partial charge >= 0.3 is 0 Å². The van der Waals surface area contributed by atoms with Crippen LogP contribution in [0.1, 0.15) is 33.1 Å². The van der Waals surface area contributed by atoms with Gasteiger partial charge in [0.25, 0.3) is 0 Å². The minimum Gasteiger partial charge on any atom is -0.409 e. The zero-order valence-electron chi connectivity index (χ0n) is 10.8. The summed E-state index contributed by atoms with van der Waals surface area (Å²) >= 11 is 0. The number of nitrogens with zero attached hydrogens (tertiary/aromatic N) is 1. The highest BCUT2D eigenvalue weighted by Crippen LogP contribution is 2.22. The van der Waals surface area contributed by atoms with Crippen molar-refractivity contribution in [2.75, 3.05) is 26.4 Å². The van der Waals surface area contributed by atoms with E-state index in [0.29, 0.717) is 5.92 Å². The van der Waals surface area contributed by atoms with Gasteiger partial charge in [0.1, 0.15) is 5.84 Å². The molecule has 0 aromatic rings. The largest absolute Gasteiger partial charge is 0.409 e. The zero-order valence-corrected chi connectivity index (χ0v) is 10.8. The molecule has 0 aliphatic carbocycles. The zero-order chi connectivity index (χ0) is 12.7. The summed E-state index contributed by atoms with van der Waals surface area (Å²) in [6.07, 6.45) is 2.87. The number of amidine groups is 1. The number of ether oxygens (including phenoxy) is 2. The fraction of sp³-hybridized carbons (Fsp3) is 0.917. The Morgan fingerprint density at radius 2 is 2.35 bits per heavy atom. The van der Waals surface area contributed by atoms with E-state index in [1.807, 2.05) is 13.8 Å². The van der Waals surface area contributed by atoms with E-state index in [9.17, 15) is 0 Å². The van der Waals surface area contributed by atoms with E-state index in [-0.39, 0.29) is 11.3 Å². The first-order valence-corrected chi connectivity index (χ1v) is 6.20. The van der Waals surface area contributed by atoms with Crippen LogP contribution in [0, 0.1) is 11.3 Å². The second kappa shape index (κ2) is 6.81. The van der Waals surface area contributed by atoms with Crippen LogP contribution in [0.3, 0.4) is 0 Å². The molecule has 1 aliphatic rings. The highest BCUT2D eigenvalue weighted by Gasteiger charge is 2.23. The summed E-state index contributed by atoms with van der Waals surface area (Å²) in [6, 6.07) is 0. The topological polar surface area (TPSA) is 77.1 Å². The lowest BCUT2D eigenvalue weighted by molar-refractivity contribution is 0.0845. The minimum atomic E-state index is -0.269. The van der Waals surface area contributed by atoms with Gasteiger partial charge in [-0.1, -0.05) is 19.0 Å². The molecule has 5 heteroatoms. The average molecular weight is 244 g/mol. The van der Waals surface area contributed by atoms with E-state index < -0.39 is 0 Å². The SMILES string of the molecule is CC(C)(CCCOCC1CCOC1)C(N)=NO. The molecule has 100 valence electrons. The molecule has 3 N–H and O–H groups in total. The van der Waals surface area contributed by atoms with Gasteiger partial charge in [-0.2, -0.15) is 0 Å². The van der Waals surface area contributed by atoms with Crippen LogP contribution in [0.5, 0.6) is 0 Å². The Kier molecular flexibility index (Phi) is 5.71. The number of oxime groups is 1. The van der Waals surface area contributed by atoms with Gasteiger partial charge in [0, 0.05) is 24.5 Å². The molecule has 1 heterocycles. The average Bonchev–Trinajstić information content (AvgIpc) is 2.80. The third-order valence-corrected chi connectivity index (χ3v) is 3.27. The van der Waals surface area contributed by atoms with E-state index in [1.165, 1.54) is 0 Å². The minimum absolute atomic E-state index is 0.269. The highest BCUT2D eigenvalue weighted by molar-refractivity contribution is 5.85. The van der Waals surface area contributed by atoms with Crippen molar-refractivity contribution in [1.82, 2.24) is 0 Å². The standard InChI is InChI=1S/C12H24N2O3/c1-12(2,11(13)14-15)5-3-6-16-8-10-4-7-17-9-10/h10,15H,3-9H2,1-2H3,(H2,13,14). The van der Waals surface area contributed by atoms with Crippen molar-refractivity contribution in [2.24, 2.45) is 22.2 Å². The number of nitrogens with two attached hydrogens (primary N) is 1. The van der Waals surface area contributed by atoms with Gasteiger partial charge < -0.3 is 20.4 Å². The molecule has 1 atom stereocenters. The second-order valence-electron chi connectivity index (χ2n) is 5.28. The molecule has 1 unspecified atom stereocenters. The Morgan fingerprint density at radius 3 is 2.94 bits per heavy atom. The Balaban J connectivity index is 2.07. The van der Waals surface area contributed by atoms with Gasteiger partial charge in [-0.3, -0.25) is 0 Å². The molecule has 1 fully saturated rings. The Hall–Kier alpha value is -0.810. The maximum atomic E-state index is 8.63. The molecule has 0 aromatic carbocycles. The van der Waals surface area contributed by atoms with Crippen molar-refractivity contribution in [2.45, 2.75) is 33.1 Å². The van der Waals surface area contributed by atoms with Gasteiger partial charge in [0.15, 0.2) is 0 Å². The maximum absolute atomic E-state index is 8.63. The molecule has 1 rings (SSSR count). The summed E-state index contributed by atoms with van der Waals surface area (Å²) in [6.45, 7) is 7.13. The summed E-state index contributed by atoms with van der Waals surface area (Å²) in [5.74, 6) is 0.841. The van der Waals surface area contributed by atoms with Gasteiger partial charge in [-0.15, -0.1) is 0 Å². The molecular weight excluding hydrogens is 220 g/mol. The van der Waals surface area contributed by atoms with Crippen LogP contribution in [0.25, 0.3) is 0 Å². The smallest absolute Gasteiger partial charge is 0.144 e. The van der Waals surface area contributed by atoms with Crippen LogP contribution >= 0.6 is 0 Å². The third-order valence-electron chi connectivity index (χ3n) is 3.27. The number of rotatable bonds is 7. The van der Waals surface area contributed by atoms with Crippen molar-refractivity contribution in [3.05, 3.63) is 0 Å². The number of hydrogen-bond acceptors (Lipinski definition) is 4. The van der Waals surface area contributed by atoms with Crippen LogP contribution in [-0.2, 0) is 9.47 Å². The lowest BCUT2D eigenvalue weighted by Crippen LogP contribution is -2.32. The van der Waals surface area contributed by atoms with E-state index in [0.717, 1.165) is 45.7 Å². The van der Waals surface area contributed by atoms with Crippen molar-refractivity contribution >= 4 is 5.84 Å². The predicted octanol–water partition coefficient (Wildman–Crippen LogP) is 1.59. The summed E-state index contributed by atoms with van der Waals surface area (Å²) in [7, 11) is 0. The highest BCUT2D eigenvalue weighted by atomic mass is 16.5. The summed E-state index contributed by atoms with van der Waals surface area (Å²) in [4.78, 5) is 0. The lowest BCUT2D eigenvalue weighted by Gasteiger charge is -2.22. The van der Waals surface area contributed by atoms with Crippen LogP contribution in [0.4, 0.5) is 0 Å². The second-order valence-corrected chi connectivity index (χ2v) is 5.28. The molecular formula is C12H24N2O3. The Bertz CT molecular complexity index is 248. The van der Waals surface area contributed by atoms with Crippen molar-refractivity contribution in [3.8, 4) is 0 Å². The van der Waals surface area contributed by atoms with Crippen LogP contribution < -0.4 is 5.73 Å². The molecule has 1 saturated heterocycles. The van der Waals surface area contributed by atoms with Crippen molar-refractivity contribution < 1.29 is 14.7 Å². The molecule has 1 aliphatic heterocycles. The van der Waals surface area contributed by atoms with Crippen molar-refractivity contribution in [1.29, 1.82) is 0 Å². The normalized spacial score (nSPS) is 22.0. The molecule has 0 radical (unpaired) electrons. The lowest BCUT2D eigenvalue weighted by atomic mass is 9.87. The first-order chi connectivity index (χ1) is 8.06. The summed E-state index contributed by atoms with van der Waals surface area (Å²) in [5.41, 5.74) is 5.34. The molecule has 0 spiro atoms. The molecule has 5 nitrogen and oxygen atoms in total. The first kappa shape index (κ1) is 14.3. The van der Waals surface area contributed by atoms with Crippen molar-refractivity contribution in [3.63, 3.8) is 0 Å². The van der Waals surface area contributed by atoms with E-state index >= 15 is 0 Å². The first-order valence-electron chi connectivity index (χ1n) is 6.20. The fourth-order valence-electron chi connectivity index (χ4n) is 1.84. The Morgan fingerprint density at radius 1 is 1.59 bits per heavy atom. The Labute approximate surface area is 103 Å². The van der Waals surface area contributed by atoms with Gasteiger partial charge in [0.2, 0.25) is 0 Å². The van der Waals surface area contributed by atoms with Crippen LogP contribution in [-0.4, -0.2) is 37.5 Å². The predicted molar refractivity (Wildman–Crippen MR) is 66.2 cm³/mol. The van der Waals surface area contributed by atoms with E-state index in [1.54, 1.807) is 0 Å². The van der Waals surface area contributed by atoms with Crippen LogP contribution in [0.15, 0.2) is 5.16 Å². The summed E-state index contributed by atoms with van der Waals surface area (Å²) < 4.78 is 10.9. The monoisotopic (exact) mass is 244 g/mol. The quantitative estimate of drug-likeness (QED) is 0.234. The van der Waals surface area contributed by atoms with Gasteiger partial charge in [0.05, 0.1) is 13.2 Å². The molecule has 0 amide bonds. The molecule has 0 bridgehead atoms. The van der Waals surface area contributed by atoms with Gasteiger partial charge in [-0.25, -0.2) is 0 Å². The van der Waals surface area contributed by atoms with Gasteiger partial charge in [-0.05, 0) is 19.3 Å². The third kappa shape index (κ3) is 4.91. The van der Waals surface area contributed by atoms with Crippen LogP contribution in [0.2, 0.25) is 0 Å². The maximum Gasteiger partial charge on any atom is 0.144 e. The molecule has 17 heavy (non-hydrogen) atoms. The van der Waals surface area contributed by atoms with E-state index in [2.05, 4.69) is 5.16 Å².